The van der Waals surface area contributed by atoms with Crippen LogP contribution in [0.25, 0.3) is 22.3 Å². The van der Waals surface area contributed by atoms with Gasteiger partial charge >= 0.3 is 0 Å². The van der Waals surface area contributed by atoms with Gasteiger partial charge in [0.25, 0.3) is 0 Å². The van der Waals surface area contributed by atoms with Crippen LogP contribution in [0, 0.1) is 6.07 Å². The lowest BCUT2D eigenvalue weighted by molar-refractivity contribution is 0.957. The van der Waals surface area contributed by atoms with Gasteiger partial charge in [-0.3, -0.25) is 0 Å². The fraction of sp³-hybridized carbons (Fsp3) is 0.0714. The molecule has 3 nitrogen and oxygen atoms in total. The summed E-state index contributed by atoms with van der Waals surface area (Å²) in [5.74, 6) is 0. The van der Waals surface area contributed by atoms with Crippen molar-refractivity contribution in [1.29, 1.82) is 0 Å². The molecule has 89 valence electrons. The molecule has 0 saturated heterocycles. The second kappa shape index (κ2) is 4.03. The maximum Gasteiger partial charge on any atom is 0.140 e. The first-order chi connectivity index (χ1) is 8.65. The zero-order valence-corrected chi connectivity index (χ0v) is 10.6. The fourth-order valence-corrected chi connectivity index (χ4v) is 2.18. The molecule has 0 aliphatic heterocycles. The van der Waals surface area contributed by atoms with E-state index in [1.165, 1.54) is 0 Å². The molecular formula is C14H11ClN3. The average Bonchev–Trinajstić information content (AvgIpc) is 2.67. The van der Waals surface area contributed by atoms with Gasteiger partial charge in [0.05, 0.1) is 17.6 Å². The molecule has 2 aromatic heterocycles. The quantitative estimate of drug-likeness (QED) is 0.726. The second-order valence-corrected chi connectivity index (χ2v) is 4.61. The van der Waals surface area contributed by atoms with Crippen molar-refractivity contribution in [3.05, 3.63) is 47.6 Å². The Morgan fingerprint density at radius 2 is 2.00 bits per heavy atom. The Labute approximate surface area is 110 Å². The zero-order valence-electron chi connectivity index (χ0n) is 9.81. The number of benzene rings is 1. The van der Waals surface area contributed by atoms with Crippen molar-refractivity contribution in [3.63, 3.8) is 0 Å². The highest BCUT2D eigenvalue weighted by molar-refractivity contribution is 6.30. The number of aromatic nitrogens is 2. The molecule has 0 spiro atoms. The van der Waals surface area contributed by atoms with E-state index < -0.39 is 0 Å². The monoisotopic (exact) mass is 256 g/mol. The number of halogens is 1. The smallest absolute Gasteiger partial charge is 0.140 e. The molecule has 4 heteroatoms. The summed E-state index contributed by atoms with van der Waals surface area (Å²) in [6.45, 7) is 0. The van der Waals surface area contributed by atoms with Gasteiger partial charge in [0, 0.05) is 23.5 Å². The van der Waals surface area contributed by atoms with E-state index in [4.69, 9.17) is 17.3 Å². The standard InChI is InChI=1S/C14H11ClN3/c1-18-13(9-2-4-11(15)5-3-9)7-10-6-12(16)8-17-14(10)18/h2-5,7-8H,16H2,1H3. The summed E-state index contributed by atoms with van der Waals surface area (Å²) < 4.78 is 2.02. The van der Waals surface area contributed by atoms with Gasteiger partial charge in [-0.25, -0.2) is 4.98 Å². The summed E-state index contributed by atoms with van der Waals surface area (Å²) in [6.07, 6.45) is 1.62. The zero-order chi connectivity index (χ0) is 12.7. The minimum atomic E-state index is 0.552. The van der Waals surface area contributed by atoms with Crippen LogP contribution >= 0.6 is 11.6 Å². The maximum absolute atomic E-state index is 5.90. The molecule has 0 atom stereocenters. The van der Waals surface area contributed by atoms with Crippen LogP contribution in [-0.2, 0) is 7.05 Å². The van der Waals surface area contributed by atoms with E-state index in [2.05, 4.69) is 11.1 Å². The van der Waals surface area contributed by atoms with Crippen LogP contribution in [0.1, 0.15) is 0 Å². The van der Waals surface area contributed by atoms with E-state index in [0.717, 1.165) is 27.3 Å². The minimum Gasteiger partial charge on any atom is -0.397 e. The number of rotatable bonds is 1. The molecule has 0 aliphatic carbocycles. The fourth-order valence-electron chi connectivity index (χ4n) is 2.06. The summed E-state index contributed by atoms with van der Waals surface area (Å²) in [6, 6.07) is 12.9. The largest absolute Gasteiger partial charge is 0.397 e. The summed E-state index contributed by atoms with van der Waals surface area (Å²) in [7, 11) is 1.98. The lowest BCUT2D eigenvalue weighted by Crippen LogP contribution is -1.93. The lowest BCUT2D eigenvalue weighted by atomic mass is 10.1. The van der Waals surface area contributed by atoms with E-state index in [-0.39, 0.29) is 0 Å². The van der Waals surface area contributed by atoms with Gasteiger partial charge in [0.2, 0.25) is 0 Å². The normalized spacial score (nSPS) is 11.0. The SMILES string of the molecule is Cn1c(-c2ccc(Cl)cc2)cc2[c]c(N)cnc21. The van der Waals surface area contributed by atoms with Crippen molar-refractivity contribution in [2.75, 3.05) is 5.73 Å². The van der Waals surface area contributed by atoms with Gasteiger partial charge in [0.15, 0.2) is 0 Å². The minimum absolute atomic E-state index is 0.552. The number of aryl methyl sites for hydroxylation is 1. The second-order valence-electron chi connectivity index (χ2n) is 4.17. The topological polar surface area (TPSA) is 43.8 Å². The Balaban J connectivity index is 2.23. The van der Waals surface area contributed by atoms with E-state index in [1.807, 2.05) is 41.9 Å². The number of nitrogens with two attached hydrogens (primary N) is 1. The Morgan fingerprint density at radius 1 is 1.28 bits per heavy atom. The first-order valence-electron chi connectivity index (χ1n) is 5.54. The molecule has 3 aromatic rings. The molecule has 0 aliphatic rings. The van der Waals surface area contributed by atoms with E-state index in [9.17, 15) is 0 Å². The van der Waals surface area contributed by atoms with Gasteiger partial charge < -0.3 is 10.3 Å². The molecule has 0 saturated carbocycles. The first kappa shape index (κ1) is 11.1. The Morgan fingerprint density at radius 3 is 2.72 bits per heavy atom. The molecule has 0 fully saturated rings. The third-order valence-electron chi connectivity index (χ3n) is 2.95. The molecular weight excluding hydrogens is 246 g/mol. The molecule has 1 aromatic carbocycles. The molecule has 2 N–H and O–H groups in total. The van der Waals surface area contributed by atoms with Gasteiger partial charge in [-0.2, -0.15) is 0 Å². The molecule has 0 unspecified atom stereocenters. The third-order valence-corrected chi connectivity index (χ3v) is 3.20. The summed E-state index contributed by atoms with van der Waals surface area (Å²) in [4.78, 5) is 4.32. The van der Waals surface area contributed by atoms with Crippen molar-refractivity contribution in [2.45, 2.75) is 0 Å². The van der Waals surface area contributed by atoms with Crippen molar-refractivity contribution in [2.24, 2.45) is 7.05 Å². The number of fused-ring (bicyclic) bond motifs is 1. The predicted octanol–water partition coefficient (Wildman–Crippen LogP) is 3.28. The van der Waals surface area contributed by atoms with Crippen LogP contribution in [0.2, 0.25) is 5.02 Å². The highest BCUT2D eigenvalue weighted by Crippen LogP contribution is 2.27. The van der Waals surface area contributed by atoms with Gasteiger partial charge in [-0.15, -0.1) is 0 Å². The molecule has 2 heterocycles. The van der Waals surface area contributed by atoms with Crippen LogP contribution in [0.4, 0.5) is 5.69 Å². The number of nitrogen functional groups attached to an aromatic ring is 1. The third kappa shape index (κ3) is 1.73. The van der Waals surface area contributed by atoms with Crippen molar-refractivity contribution >= 4 is 28.3 Å². The van der Waals surface area contributed by atoms with E-state index in [1.54, 1.807) is 6.20 Å². The first-order valence-corrected chi connectivity index (χ1v) is 5.92. The molecule has 3 rings (SSSR count). The average molecular weight is 257 g/mol. The molecule has 1 radical (unpaired) electrons. The summed E-state index contributed by atoms with van der Waals surface area (Å²) in [5.41, 5.74) is 9.27. The van der Waals surface area contributed by atoms with Crippen LogP contribution < -0.4 is 5.73 Å². The Kier molecular flexibility index (Phi) is 2.49. The Bertz CT molecular complexity index is 714. The lowest BCUT2D eigenvalue weighted by Gasteiger charge is -2.03. The van der Waals surface area contributed by atoms with Crippen LogP contribution in [-0.4, -0.2) is 9.55 Å². The van der Waals surface area contributed by atoms with Crippen LogP contribution in [0.3, 0.4) is 0 Å². The van der Waals surface area contributed by atoms with Crippen molar-refractivity contribution < 1.29 is 0 Å². The molecule has 18 heavy (non-hydrogen) atoms. The number of hydrogen-bond donors (Lipinski definition) is 1. The summed E-state index contributed by atoms with van der Waals surface area (Å²) >= 11 is 5.90. The van der Waals surface area contributed by atoms with Gasteiger partial charge in [-0.05, 0) is 23.8 Å². The maximum atomic E-state index is 5.90. The summed E-state index contributed by atoms with van der Waals surface area (Å²) in [5, 5.41) is 1.65. The predicted molar refractivity (Wildman–Crippen MR) is 74.4 cm³/mol. The van der Waals surface area contributed by atoms with Crippen LogP contribution in [0.15, 0.2) is 36.5 Å². The number of pyridine rings is 1. The van der Waals surface area contributed by atoms with Crippen molar-refractivity contribution in [1.82, 2.24) is 9.55 Å². The van der Waals surface area contributed by atoms with Crippen LogP contribution in [0.5, 0.6) is 0 Å². The number of anilines is 1. The highest BCUT2D eigenvalue weighted by Gasteiger charge is 2.09. The van der Waals surface area contributed by atoms with Gasteiger partial charge in [0.1, 0.15) is 5.65 Å². The highest BCUT2D eigenvalue weighted by atomic mass is 35.5. The molecule has 0 amide bonds. The Hall–Kier alpha value is -2.00. The van der Waals surface area contributed by atoms with E-state index >= 15 is 0 Å². The van der Waals surface area contributed by atoms with Crippen molar-refractivity contribution in [3.8, 4) is 11.3 Å². The van der Waals surface area contributed by atoms with E-state index in [0.29, 0.717) is 5.69 Å². The molecule has 0 bridgehead atoms. The number of nitrogens with zero attached hydrogens (tertiary/aromatic N) is 2. The van der Waals surface area contributed by atoms with Gasteiger partial charge in [-0.1, -0.05) is 23.7 Å². The number of hydrogen-bond acceptors (Lipinski definition) is 2.